The summed E-state index contributed by atoms with van der Waals surface area (Å²) in [5.74, 6) is 0.0782. The van der Waals surface area contributed by atoms with Gasteiger partial charge in [-0.25, -0.2) is 9.78 Å². The average Bonchev–Trinajstić information content (AvgIpc) is 3.38. The molecule has 35 heavy (non-hydrogen) atoms. The van der Waals surface area contributed by atoms with Crippen molar-refractivity contribution in [1.82, 2.24) is 4.98 Å². The zero-order valence-corrected chi connectivity index (χ0v) is 20.7. The van der Waals surface area contributed by atoms with Crippen LogP contribution in [-0.4, -0.2) is 38.7 Å². The maximum Gasteiger partial charge on any atom is 0.355 e. The van der Waals surface area contributed by atoms with Gasteiger partial charge in [-0.1, -0.05) is 86.8 Å². The molecule has 3 aromatic rings. The molecule has 180 valence electrons. The number of hydrogen-bond acceptors (Lipinski definition) is 5. The van der Waals surface area contributed by atoms with Crippen LogP contribution in [0.25, 0.3) is 11.1 Å². The van der Waals surface area contributed by atoms with Crippen molar-refractivity contribution in [2.24, 2.45) is 4.99 Å². The molecule has 0 spiro atoms. The van der Waals surface area contributed by atoms with E-state index in [0.29, 0.717) is 17.0 Å². The van der Waals surface area contributed by atoms with Crippen molar-refractivity contribution in [2.45, 2.75) is 51.0 Å². The lowest BCUT2D eigenvalue weighted by Gasteiger charge is -2.22. The minimum Gasteiger partial charge on any atom is -0.476 e. The molecule has 0 amide bonds. The Balaban J connectivity index is 1.54. The predicted molar refractivity (Wildman–Crippen MR) is 142 cm³/mol. The van der Waals surface area contributed by atoms with Crippen LogP contribution < -0.4 is 0 Å². The van der Waals surface area contributed by atoms with Gasteiger partial charge >= 0.3 is 5.97 Å². The van der Waals surface area contributed by atoms with E-state index < -0.39 is 5.97 Å². The van der Waals surface area contributed by atoms with Crippen molar-refractivity contribution in [2.75, 3.05) is 5.75 Å². The molecule has 6 heteroatoms. The van der Waals surface area contributed by atoms with Crippen LogP contribution in [0.5, 0.6) is 0 Å². The van der Waals surface area contributed by atoms with Crippen LogP contribution in [0.2, 0.25) is 0 Å². The monoisotopic (exact) mass is 486 g/mol. The van der Waals surface area contributed by atoms with E-state index in [9.17, 15) is 14.7 Å². The van der Waals surface area contributed by atoms with Gasteiger partial charge in [-0.05, 0) is 29.2 Å². The number of hydrogen-bond donors (Lipinski definition) is 1. The highest BCUT2D eigenvalue weighted by atomic mass is 32.2. The van der Waals surface area contributed by atoms with Gasteiger partial charge in [0.15, 0.2) is 11.5 Å². The predicted octanol–water partition coefficient (Wildman–Crippen LogP) is 6.44. The van der Waals surface area contributed by atoms with Gasteiger partial charge in [0.05, 0.1) is 6.04 Å². The summed E-state index contributed by atoms with van der Waals surface area (Å²) >= 11 is 1.57. The van der Waals surface area contributed by atoms with E-state index in [2.05, 4.69) is 24.0 Å². The number of nitrogens with zero attached hydrogens (tertiary/aromatic N) is 2. The molecule has 0 saturated carbocycles. The molecule has 2 atom stereocenters. The van der Waals surface area contributed by atoms with Gasteiger partial charge in [-0.15, -0.1) is 11.8 Å². The van der Waals surface area contributed by atoms with Crippen molar-refractivity contribution in [3.63, 3.8) is 0 Å². The normalized spacial score (nSPS) is 16.0. The van der Waals surface area contributed by atoms with E-state index in [1.54, 1.807) is 23.9 Å². The zero-order chi connectivity index (χ0) is 24.6. The third-order valence-corrected chi connectivity index (χ3v) is 7.48. The van der Waals surface area contributed by atoms with Crippen molar-refractivity contribution < 1.29 is 14.7 Å². The van der Waals surface area contributed by atoms with Crippen LogP contribution in [0.3, 0.4) is 0 Å². The molecule has 1 aliphatic heterocycles. The van der Waals surface area contributed by atoms with Crippen LogP contribution in [-0.2, 0) is 11.2 Å². The number of rotatable bonds is 11. The first-order chi connectivity index (χ1) is 17.1. The molecule has 2 unspecified atom stereocenters. The van der Waals surface area contributed by atoms with E-state index in [4.69, 9.17) is 4.99 Å². The number of benzene rings is 2. The molecule has 5 nitrogen and oxygen atoms in total. The Morgan fingerprint density at radius 1 is 1.03 bits per heavy atom. The molecule has 0 fully saturated rings. The van der Waals surface area contributed by atoms with Gasteiger partial charge in [0.25, 0.3) is 0 Å². The van der Waals surface area contributed by atoms with Crippen LogP contribution in [0.4, 0.5) is 0 Å². The van der Waals surface area contributed by atoms with Gasteiger partial charge in [0.1, 0.15) is 5.04 Å². The number of pyridine rings is 1. The Labute approximate surface area is 210 Å². The summed E-state index contributed by atoms with van der Waals surface area (Å²) in [6.07, 6.45) is 6.31. The minimum atomic E-state index is -1.04. The number of unbranched alkanes of at least 4 members (excludes halogenated alkanes) is 2. The molecule has 0 aliphatic carbocycles. The number of ketones is 1. The second-order valence-corrected chi connectivity index (χ2v) is 9.84. The summed E-state index contributed by atoms with van der Waals surface area (Å²) in [4.78, 5) is 33.4. The van der Waals surface area contributed by atoms with E-state index in [1.165, 1.54) is 11.8 Å². The quantitative estimate of drug-likeness (QED) is 0.316. The largest absolute Gasteiger partial charge is 0.476 e. The third-order valence-electron chi connectivity index (χ3n) is 6.36. The first-order valence-electron chi connectivity index (χ1n) is 12.1. The first kappa shape index (κ1) is 24.9. The average molecular weight is 487 g/mol. The maximum atomic E-state index is 12.9. The van der Waals surface area contributed by atoms with E-state index in [0.717, 1.165) is 42.6 Å². The second-order valence-electron chi connectivity index (χ2n) is 8.83. The number of carbonyl (C=O) groups excluding carboxylic acids is 1. The van der Waals surface area contributed by atoms with Crippen molar-refractivity contribution in [3.8, 4) is 11.1 Å². The highest BCUT2D eigenvalue weighted by Gasteiger charge is 2.30. The van der Waals surface area contributed by atoms with Gasteiger partial charge in [0, 0.05) is 29.9 Å². The van der Waals surface area contributed by atoms with Crippen LogP contribution in [0, 0.1) is 0 Å². The molecule has 2 heterocycles. The Hall–Kier alpha value is -3.25. The number of carbonyl (C=O) groups is 2. The minimum absolute atomic E-state index is 0.0538. The van der Waals surface area contributed by atoms with Crippen molar-refractivity contribution >= 4 is 28.6 Å². The Morgan fingerprint density at radius 3 is 2.51 bits per heavy atom. The molecular formula is C29H30N2O3S. The highest BCUT2D eigenvalue weighted by molar-refractivity contribution is 8.16. The van der Waals surface area contributed by atoms with E-state index in [1.807, 2.05) is 42.5 Å². The number of thioether (sulfide) groups is 1. The number of aliphatic imine (C=N–C) groups is 1. The number of carboxylic acid groups (broad SMARTS) is 1. The molecule has 1 aliphatic rings. The second kappa shape index (κ2) is 11.9. The molecule has 1 aromatic heterocycles. The molecule has 4 rings (SSSR count). The molecule has 2 aromatic carbocycles. The fraction of sp³-hybridized carbons (Fsp3) is 0.310. The SMILES string of the molecule is CCCCCC(c1ccc(-c2cccnc2C(=O)O)cc1)C1CSC(C(=O)Cc2ccccc2)=N1. The molecular weight excluding hydrogens is 456 g/mol. The Bertz CT molecular complexity index is 1190. The number of carboxylic acids is 1. The van der Waals surface area contributed by atoms with Crippen LogP contribution >= 0.6 is 11.8 Å². The zero-order valence-electron chi connectivity index (χ0n) is 19.9. The fourth-order valence-electron chi connectivity index (χ4n) is 4.52. The van der Waals surface area contributed by atoms with Gasteiger partial charge < -0.3 is 5.11 Å². The van der Waals surface area contributed by atoms with Crippen LogP contribution in [0.15, 0.2) is 77.9 Å². The van der Waals surface area contributed by atoms with E-state index >= 15 is 0 Å². The summed E-state index contributed by atoms with van der Waals surface area (Å²) < 4.78 is 0. The molecule has 0 radical (unpaired) electrons. The molecule has 0 saturated heterocycles. The van der Waals surface area contributed by atoms with Gasteiger partial charge in [-0.2, -0.15) is 0 Å². The summed E-state index contributed by atoms with van der Waals surface area (Å²) in [5, 5.41) is 10.1. The number of aromatic carboxylic acids is 1. The lowest BCUT2D eigenvalue weighted by atomic mass is 9.86. The van der Waals surface area contributed by atoms with Gasteiger partial charge in [-0.3, -0.25) is 9.79 Å². The summed E-state index contributed by atoms with van der Waals surface area (Å²) in [6, 6.07) is 21.5. The fourth-order valence-corrected chi connectivity index (χ4v) is 5.60. The van der Waals surface area contributed by atoms with Crippen molar-refractivity contribution in [3.05, 3.63) is 89.7 Å². The lowest BCUT2D eigenvalue weighted by Crippen LogP contribution is -2.18. The topological polar surface area (TPSA) is 79.6 Å². The Morgan fingerprint density at radius 2 is 1.80 bits per heavy atom. The number of aromatic nitrogens is 1. The lowest BCUT2D eigenvalue weighted by molar-refractivity contribution is -0.112. The Kier molecular flexibility index (Phi) is 8.48. The van der Waals surface area contributed by atoms with Crippen molar-refractivity contribution in [1.29, 1.82) is 0 Å². The first-order valence-corrected chi connectivity index (χ1v) is 13.1. The van der Waals surface area contributed by atoms with Crippen LogP contribution in [0.1, 0.15) is 60.1 Å². The standard InChI is InChI=1S/C29H30N2O3S/c1-2-3-5-11-23(25-19-35-28(31-25)26(32)18-20-9-6-4-7-10-20)21-13-15-22(16-14-21)24-12-8-17-30-27(24)29(33)34/h4,6-10,12-17,23,25H,2-3,5,11,18-19H2,1H3,(H,33,34). The molecule has 1 N–H and O–H groups in total. The summed E-state index contributed by atoms with van der Waals surface area (Å²) in [6.45, 7) is 2.20. The molecule has 0 bridgehead atoms. The highest BCUT2D eigenvalue weighted by Crippen LogP contribution is 2.35. The van der Waals surface area contributed by atoms with Gasteiger partial charge in [0.2, 0.25) is 0 Å². The third kappa shape index (κ3) is 6.25. The summed E-state index contributed by atoms with van der Waals surface area (Å²) in [5.41, 5.74) is 3.68. The summed E-state index contributed by atoms with van der Waals surface area (Å²) in [7, 11) is 0. The van der Waals surface area contributed by atoms with E-state index in [-0.39, 0.29) is 23.4 Å². The number of Topliss-reactive ketones (excluding diaryl/α,β-unsaturated/α-hetero) is 1. The maximum absolute atomic E-state index is 12.9. The smallest absolute Gasteiger partial charge is 0.355 e.